The molecule has 0 radical (unpaired) electrons. The van der Waals surface area contributed by atoms with Crippen molar-refractivity contribution < 1.29 is 4.74 Å². The third kappa shape index (κ3) is 3.12. The first-order valence-corrected chi connectivity index (χ1v) is 5.50. The fraction of sp³-hybridized carbons (Fsp3) is 0.308. The molecule has 2 aromatic rings. The molecule has 0 unspecified atom stereocenters. The summed E-state index contributed by atoms with van der Waals surface area (Å²) in [5.74, 6) is 0.941. The number of rotatable bonds is 5. The Bertz CT molecular complexity index is 406. The number of ether oxygens (including phenoxy) is 1. The van der Waals surface area contributed by atoms with E-state index < -0.39 is 0 Å². The highest BCUT2D eigenvalue weighted by atomic mass is 16.5. The molecule has 0 bridgehead atoms. The molecule has 2 rings (SSSR count). The van der Waals surface area contributed by atoms with Crippen LogP contribution in [0.25, 0.3) is 0 Å². The van der Waals surface area contributed by atoms with Crippen molar-refractivity contribution in [2.45, 2.75) is 19.9 Å². The van der Waals surface area contributed by atoms with E-state index in [0.717, 1.165) is 25.3 Å². The summed E-state index contributed by atoms with van der Waals surface area (Å²) in [5, 5.41) is 0. The Labute approximate surface area is 95.7 Å². The smallest absolute Gasteiger partial charge is 0.119 e. The van der Waals surface area contributed by atoms with Crippen LogP contribution in [0, 0.1) is 6.92 Å². The summed E-state index contributed by atoms with van der Waals surface area (Å²) in [7, 11) is 0. The Morgan fingerprint density at radius 3 is 2.75 bits per heavy atom. The van der Waals surface area contributed by atoms with Crippen LogP contribution in [-0.4, -0.2) is 16.2 Å². The van der Waals surface area contributed by atoms with Crippen molar-refractivity contribution in [3.8, 4) is 5.75 Å². The number of hydrogen-bond donors (Lipinski definition) is 0. The molecule has 0 saturated carbocycles. The average Bonchev–Trinajstić information content (AvgIpc) is 2.80. The lowest BCUT2D eigenvalue weighted by Gasteiger charge is -2.06. The first-order chi connectivity index (χ1) is 7.84. The van der Waals surface area contributed by atoms with Crippen LogP contribution in [0.5, 0.6) is 5.75 Å². The molecule has 0 aliphatic carbocycles. The van der Waals surface area contributed by atoms with Crippen LogP contribution in [-0.2, 0) is 6.54 Å². The van der Waals surface area contributed by atoms with Crippen LogP contribution in [0.3, 0.4) is 0 Å². The number of aryl methyl sites for hydroxylation is 2. The van der Waals surface area contributed by atoms with Crippen LogP contribution < -0.4 is 4.74 Å². The summed E-state index contributed by atoms with van der Waals surface area (Å²) in [4.78, 5) is 3.99. The molecule has 0 atom stereocenters. The summed E-state index contributed by atoms with van der Waals surface area (Å²) in [6.45, 7) is 3.76. The van der Waals surface area contributed by atoms with Gasteiger partial charge in [-0.15, -0.1) is 0 Å². The van der Waals surface area contributed by atoms with Crippen molar-refractivity contribution in [1.82, 2.24) is 9.55 Å². The van der Waals surface area contributed by atoms with Crippen LogP contribution in [0.15, 0.2) is 43.0 Å². The summed E-state index contributed by atoms with van der Waals surface area (Å²) in [6.07, 6.45) is 6.57. The van der Waals surface area contributed by atoms with E-state index in [0.29, 0.717) is 0 Å². The van der Waals surface area contributed by atoms with E-state index in [1.807, 2.05) is 24.7 Å². The summed E-state index contributed by atoms with van der Waals surface area (Å²) >= 11 is 0. The maximum Gasteiger partial charge on any atom is 0.119 e. The van der Waals surface area contributed by atoms with E-state index in [-0.39, 0.29) is 0 Å². The molecule has 0 saturated heterocycles. The first kappa shape index (κ1) is 10.7. The minimum absolute atomic E-state index is 0.737. The van der Waals surface area contributed by atoms with Gasteiger partial charge in [0, 0.05) is 18.9 Å². The predicted octanol–water partition coefficient (Wildman–Crippen LogP) is 2.66. The predicted molar refractivity (Wildman–Crippen MR) is 63.5 cm³/mol. The normalized spacial score (nSPS) is 10.3. The Kier molecular flexibility index (Phi) is 3.59. The number of hydrogen-bond acceptors (Lipinski definition) is 2. The topological polar surface area (TPSA) is 27.1 Å². The van der Waals surface area contributed by atoms with Gasteiger partial charge in [-0.25, -0.2) is 4.98 Å². The van der Waals surface area contributed by atoms with Crippen molar-refractivity contribution >= 4 is 0 Å². The molecule has 3 heteroatoms. The van der Waals surface area contributed by atoms with Gasteiger partial charge < -0.3 is 9.30 Å². The van der Waals surface area contributed by atoms with Gasteiger partial charge in [-0.05, 0) is 25.5 Å². The quantitative estimate of drug-likeness (QED) is 0.718. The molecule has 3 nitrogen and oxygen atoms in total. The lowest BCUT2D eigenvalue weighted by molar-refractivity contribution is 0.301. The Hall–Kier alpha value is -1.77. The zero-order chi connectivity index (χ0) is 11.2. The second kappa shape index (κ2) is 5.35. The minimum Gasteiger partial charge on any atom is -0.494 e. The zero-order valence-electron chi connectivity index (χ0n) is 9.47. The van der Waals surface area contributed by atoms with Crippen LogP contribution in [0.1, 0.15) is 12.0 Å². The summed E-state index contributed by atoms with van der Waals surface area (Å²) in [6, 6.07) is 8.13. The van der Waals surface area contributed by atoms with Crippen molar-refractivity contribution in [2.24, 2.45) is 0 Å². The lowest BCUT2D eigenvalue weighted by atomic mass is 10.2. The van der Waals surface area contributed by atoms with Gasteiger partial charge in [0.25, 0.3) is 0 Å². The molecule has 0 spiro atoms. The minimum atomic E-state index is 0.737. The van der Waals surface area contributed by atoms with Gasteiger partial charge in [-0.2, -0.15) is 0 Å². The second-order valence-corrected chi connectivity index (χ2v) is 3.82. The number of aromatic nitrogens is 2. The van der Waals surface area contributed by atoms with Gasteiger partial charge in [0.1, 0.15) is 5.75 Å². The molecule has 0 aliphatic rings. The fourth-order valence-electron chi connectivity index (χ4n) is 1.49. The number of nitrogens with zero attached hydrogens (tertiary/aromatic N) is 2. The van der Waals surface area contributed by atoms with E-state index >= 15 is 0 Å². The highest BCUT2D eigenvalue weighted by Gasteiger charge is 1.94. The monoisotopic (exact) mass is 216 g/mol. The SMILES string of the molecule is Cc1ccc(OCCCn2ccnc2)cc1. The molecular weight excluding hydrogens is 200 g/mol. The first-order valence-electron chi connectivity index (χ1n) is 5.50. The molecule has 1 heterocycles. The fourth-order valence-corrected chi connectivity index (χ4v) is 1.49. The van der Waals surface area contributed by atoms with Gasteiger partial charge in [-0.3, -0.25) is 0 Å². The molecule has 0 amide bonds. The highest BCUT2D eigenvalue weighted by molar-refractivity contribution is 5.26. The van der Waals surface area contributed by atoms with Gasteiger partial charge in [0.05, 0.1) is 12.9 Å². The van der Waals surface area contributed by atoms with Gasteiger partial charge >= 0.3 is 0 Å². The Morgan fingerprint density at radius 1 is 1.25 bits per heavy atom. The third-order valence-electron chi connectivity index (χ3n) is 2.41. The molecular formula is C13H16N2O. The number of imidazole rings is 1. The Morgan fingerprint density at radius 2 is 2.06 bits per heavy atom. The van der Waals surface area contributed by atoms with Gasteiger partial charge in [0.2, 0.25) is 0 Å². The van der Waals surface area contributed by atoms with Gasteiger partial charge in [0.15, 0.2) is 0 Å². The summed E-state index contributed by atoms with van der Waals surface area (Å²) in [5.41, 5.74) is 1.26. The Balaban J connectivity index is 1.70. The molecule has 0 N–H and O–H groups in total. The molecule has 0 aliphatic heterocycles. The zero-order valence-corrected chi connectivity index (χ0v) is 9.47. The van der Waals surface area contributed by atoms with Crippen LogP contribution in [0.4, 0.5) is 0 Å². The van der Waals surface area contributed by atoms with Gasteiger partial charge in [-0.1, -0.05) is 17.7 Å². The van der Waals surface area contributed by atoms with Crippen molar-refractivity contribution in [3.63, 3.8) is 0 Å². The lowest BCUT2D eigenvalue weighted by Crippen LogP contribution is -2.02. The molecule has 0 fully saturated rings. The maximum absolute atomic E-state index is 5.63. The van der Waals surface area contributed by atoms with E-state index in [1.165, 1.54) is 5.56 Å². The highest BCUT2D eigenvalue weighted by Crippen LogP contribution is 2.11. The van der Waals surface area contributed by atoms with Crippen molar-refractivity contribution in [1.29, 1.82) is 0 Å². The molecule has 84 valence electrons. The molecule has 1 aromatic carbocycles. The number of benzene rings is 1. The van der Waals surface area contributed by atoms with Crippen molar-refractivity contribution in [3.05, 3.63) is 48.5 Å². The van der Waals surface area contributed by atoms with Crippen molar-refractivity contribution in [2.75, 3.05) is 6.61 Å². The molecule has 16 heavy (non-hydrogen) atoms. The van der Waals surface area contributed by atoms with E-state index in [4.69, 9.17) is 4.74 Å². The average molecular weight is 216 g/mol. The molecule has 1 aromatic heterocycles. The summed E-state index contributed by atoms with van der Waals surface area (Å²) < 4.78 is 7.68. The second-order valence-electron chi connectivity index (χ2n) is 3.82. The van der Waals surface area contributed by atoms with Crippen LogP contribution in [0.2, 0.25) is 0 Å². The standard InChI is InChI=1S/C13H16N2O/c1-12-3-5-13(6-4-12)16-10-2-8-15-9-7-14-11-15/h3-7,9,11H,2,8,10H2,1H3. The maximum atomic E-state index is 5.63. The van der Waals surface area contributed by atoms with E-state index in [9.17, 15) is 0 Å². The van der Waals surface area contributed by atoms with E-state index in [2.05, 4.69) is 28.6 Å². The van der Waals surface area contributed by atoms with Crippen LogP contribution >= 0.6 is 0 Å². The third-order valence-corrected chi connectivity index (χ3v) is 2.41. The van der Waals surface area contributed by atoms with E-state index in [1.54, 1.807) is 6.20 Å². The largest absolute Gasteiger partial charge is 0.494 e.